The van der Waals surface area contributed by atoms with Crippen molar-refractivity contribution in [3.63, 3.8) is 0 Å². The lowest BCUT2D eigenvalue weighted by atomic mass is 10.2. The second-order valence-corrected chi connectivity index (χ2v) is 4.77. The Kier molecular flexibility index (Phi) is 6.47. The minimum atomic E-state index is -1.31. The van der Waals surface area contributed by atoms with Gasteiger partial charge in [-0.15, -0.1) is 0 Å². The Morgan fingerprint density at radius 3 is 2.48 bits per heavy atom. The first-order valence-electron chi connectivity index (χ1n) is 7.16. The number of aliphatic carboxylic acids is 1. The number of ether oxygens (including phenoxy) is 2. The Labute approximate surface area is 142 Å². The van der Waals surface area contributed by atoms with Crippen LogP contribution in [0.2, 0.25) is 0 Å². The van der Waals surface area contributed by atoms with E-state index in [2.05, 4.69) is 10.5 Å². The van der Waals surface area contributed by atoms with Crippen LogP contribution in [0.5, 0.6) is 11.5 Å². The van der Waals surface area contributed by atoms with Crippen molar-refractivity contribution in [1.82, 2.24) is 5.43 Å². The number of carboxylic acids is 1. The van der Waals surface area contributed by atoms with Gasteiger partial charge in [-0.05, 0) is 42.0 Å². The number of halogens is 1. The van der Waals surface area contributed by atoms with E-state index in [1.807, 2.05) is 0 Å². The van der Waals surface area contributed by atoms with Crippen molar-refractivity contribution >= 4 is 18.1 Å². The number of hydrogen-bond donors (Lipinski definition) is 1. The van der Waals surface area contributed by atoms with Crippen molar-refractivity contribution < 1.29 is 28.6 Å². The van der Waals surface area contributed by atoms with Gasteiger partial charge in [-0.1, -0.05) is 6.07 Å². The molecule has 0 spiro atoms. The number of nitrogens with zero attached hydrogens (tertiary/aromatic N) is 1. The molecule has 0 radical (unpaired) electrons. The molecule has 0 aliphatic heterocycles. The van der Waals surface area contributed by atoms with Crippen LogP contribution in [0, 0.1) is 5.82 Å². The molecule has 0 aliphatic carbocycles. The van der Waals surface area contributed by atoms with Gasteiger partial charge < -0.3 is 19.4 Å². The van der Waals surface area contributed by atoms with Crippen LogP contribution in [0.3, 0.4) is 0 Å². The number of carboxylic acid groups (broad SMARTS) is 1. The first-order chi connectivity index (χ1) is 12.0. The summed E-state index contributed by atoms with van der Waals surface area (Å²) in [4.78, 5) is 21.8. The molecule has 130 valence electrons. The molecule has 0 bridgehead atoms. The van der Waals surface area contributed by atoms with Gasteiger partial charge in [-0.25, -0.2) is 9.82 Å². The van der Waals surface area contributed by atoms with Crippen LogP contribution < -0.4 is 20.0 Å². The summed E-state index contributed by atoms with van der Waals surface area (Å²) >= 11 is 0. The van der Waals surface area contributed by atoms with Crippen molar-refractivity contribution in [3.05, 3.63) is 59.9 Å². The molecule has 2 rings (SSSR count). The maximum Gasteiger partial charge on any atom is 0.277 e. The zero-order chi connectivity index (χ0) is 18.1. The molecule has 25 heavy (non-hydrogen) atoms. The van der Waals surface area contributed by atoms with Gasteiger partial charge in [0.25, 0.3) is 5.91 Å². The lowest BCUT2D eigenvalue weighted by molar-refractivity contribution is -0.307. The predicted octanol–water partition coefficient (Wildman–Crippen LogP) is 0.483. The summed E-state index contributed by atoms with van der Waals surface area (Å²) in [6.07, 6.45) is 1.39. The third-order valence-electron chi connectivity index (χ3n) is 2.81. The molecule has 0 aromatic heterocycles. The van der Waals surface area contributed by atoms with Crippen molar-refractivity contribution in [2.75, 3.05) is 13.2 Å². The molecular formula is C17H14FN2O5-. The van der Waals surface area contributed by atoms with E-state index in [0.717, 1.165) is 0 Å². The zero-order valence-corrected chi connectivity index (χ0v) is 13.0. The van der Waals surface area contributed by atoms with E-state index in [9.17, 15) is 19.1 Å². The van der Waals surface area contributed by atoms with E-state index in [1.54, 1.807) is 24.3 Å². The highest BCUT2D eigenvalue weighted by molar-refractivity contribution is 5.83. The Bertz CT molecular complexity index is 762. The second-order valence-electron chi connectivity index (χ2n) is 4.77. The highest BCUT2D eigenvalue weighted by atomic mass is 19.1. The van der Waals surface area contributed by atoms with Gasteiger partial charge in [0.1, 0.15) is 23.9 Å². The molecule has 2 aromatic carbocycles. The maximum atomic E-state index is 13.0. The lowest BCUT2D eigenvalue weighted by Gasteiger charge is -2.06. The van der Waals surface area contributed by atoms with Crippen molar-refractivity contribution in [3.8, 4) is 11.5 Å². The average molecular weight is 345 g/mol. The Morgan fingerprint density at radius 2 is 1.80 bits per heavy atom. The zero-order valence-electron chi connectivity index (χ0n) is 13.0. The standard InChI is InChI=1S/C17H15FN2O5/c18-13-2-1-3-15(8-13)24-10-16(21)20-19-9-12-4-6-14(7-5-12)25-11-17(22)23/h1-9H,10-11H2,(H,20,21)(H,22,23)/p-1/b19-9-. The minimum Gasteiger partial charge on any atom is -0.546 e. The monoisotopic (exact) mass is 345 g/mol. The number of amides is 1. The summed E-state index contributed by atoms with van der Waals surface area (Å²) in [5.41, 5.74) is 2.92. The van der Waals surface area contributed by atoms with E-state index in [-0.39, 0.29) is 12.4 Å². The lowest BCUT2D eigenvalue weighted by Crippen LogP contribution is -2.28. The quantitative estimate of drug-likeness (QED) is 0.554. The molecule has 1 amide bonds. The molecule has 0 saturated carbocycles. The molecule has 8 heteroatoms. The average Bonchev–Trinajstić information content (AvgIpc) is 2.59. The van der Waals surface area contributed by atoms with Gasteiger partial charge in [0, 0.05) is 6.07 Å². The van der Waals surface area contributed by atoms with E-state index in [1.165, 1.54) is 30.5 Å². The van der Waals surface area contributed by atoms with Crippen LogP contribution in [-0.4, -0.2) is 31.3 Å². The fourth-order valence-electron chi connectivity index (χ4n) is 1.71. The number of benzene rings is 2. The fraction of sp³-hybridized carbons (Fsp3) is 0.118. The second kappa shape index (κ2) is 9.02. The molecule has 0 heterocycles. The molecular weight excluding hydrogens is 331 g/mol. The van der Waals surface area contributed by atoms with E-state index in [4.69, 9.17) is 9.47 Å². The third kappa shape index (κ3) is 6.69. The number of nitrogens with one attached hydrogen (secondary N) is 1. The van der Waals surface area contributed by atoms with E-state index >= 15 is 0 Å². The van der Waals surface area contributed by atoms with Crippen molar-refractivity contribution in [1.29, 1.82) is 0 Å². The van der Waals surface area contributed by atoms with Crippen LogP contribution in [0.4, 0.5) is 4.39 Å². The summed E-state index contributed by atoms with van der Waals surface area (Å²) < 4.78 is 23.0. The van der Waals surface area contributed by atoms with Gasteiger partial charge in [-0.3, -0.25) is 4.79 Å². The highest BCUT2D eigenvalue weighted by Gasteiger charge is 2.02. The molecule has 0 aliphatic rings. The number of rotatable bonds is 8. The van der Waals surface area contributed by atoms with Crippen LogP contribution >= 0.6 is 0 Å². The summed E-state index contributed by atoms with van der Waals surface area (Å²) in [5.74, 6) is -1.66. The Morgan fingerprint density at radius 1 is 1.08 bits per heavy atom. The minimum absolute atomic E-state index is 0.242. The van der Waals surface area contributed by atoms with E-state index in [0.29, 0.717) is 11.3 Å². The van der Waals surface area contributed by atoms with Gasteiger partial charge in [0.2, 0.25) is 0 Å². The summed E-state index contributed by atoms with van der Waals surface area (Å²) in [6, 6.07) is 11.8. The number of hydrazone groups is 1. The molecule has 0 atom stereocenters. The Balaban J connectivity index is 1.76. The summed E-state index contributed by atoms with van der Waals surface area (Å²) in [6.45, 7) is -0.842. The molecule has 0 unspecified atom stereocenters. The van der Waals surface area contributed by atoms with Crippen molar-refractivity contribution in [2.24, 2.45) is 5.10 Å². The van der Waals surface area contributed by atoms with Crippen LogP contribution in [0.15, 0.2) is 53.6 Å². The number of hydrogen-bond acceptors (Lipinski definition) is 6. The third-order valence-corrected chi connectivity index (χ3v) is 2.81. The maximum absolute atomic E-state index is 13.0. The first-order valence-corrected chi connectivity index (χ1v) is 7.16. The van der Waals surface area contributed by atoms with E-state index < -0.39 is 24.3 Å². The van der Waals surface area contributed by atoms with Crippen LogP contribution in [0.1, 0.15) is 5.56 Å². The number of carbonyl (C=O) groups is 2. The largest absolute Gasteiger partial charge is 0.546 e. The highest BCUT2D eigenvalue weighted by Crippen LogP contribution is 2.12. The topological polar surface area (TPSA) is 100 Å². The van der Waals surface area contributed by atoms with Crippen LogP contribution in [0.25, 0.3) is 0 Å². The van der Waals surface area contributed by atoms with Crippen molar-refractivity contribution in [2.45, 2.75) is 0 Å². The normalized spacial score (nSPS) is 10.4. The molecule has 0 saturated heterocycles. The molecule has 2 aromatic rings. The predicted molar refractivity (Wildman–Crippen MR) is 84.6 cm³/mol. The molecule has 0 fully saturated rings. The molecule has 7 nitrogen and oxygen atoms in total. The smallest absolute Gasteiger partial charge is 0.277 e. The summed E-state index contributed by atoms with van der Waals surface area (Å²) in [5, 5.41) is 14.0. The SMILES string of the molecule is O=C([O-])COc1ccc(/C=N\NC(=O)COc2cccc(F)c2)cc1. The van der Waals surface area contributed by atoms with Gasteiger partial charge in [0.05, 0.1) is 12.2 Å². The van der Waals surface area contributed by atoms with Gasteiger partial charge in [-0.2, -0.15) is 5.10 Å². The first kappa shape index (κ1) is 17.9. The van der Waals surface area contributed by atoms with Crippen LogP contribution in [-0.2, 0) is 9.59 Å². The fourth-order valence-corrected chi connectivity index (χ4v) is 1.71. The van der Waals surface area contributed by atoms with Gasteiger partial charge >= 0.3 is 0 Å². The molecule has 1 N–H and O–H groups in total. The van der Waals surface area contributed by atoms with Gasteiger partial charge in [0.15, 0.2) is 6.61 Å². The summed E-state index contributed by atoms with van der Waals surface area (Å²) in [7, 11) is 0. The number of carbonyl (C=O) groups excluding carboxylic acids is 2. The Hall–Kier alpha value is -3.42.